The number of ether oxygens (including phenoxy) is 1. The molecule has 146 valence electrons. The number of fused-ring (bicyclic) bond motifs is 1. The first kappa shape index (κ1) is 18.6. The molecular weight excluding hydrogens is 368 g/mol. The Morgan fingerprint density at radius 2 is 1.90 bits per heavy atom. The monoisotopic (exact) mass is 388 g/mol. The zero-order valence-electron chi connectivity index (χ0n) is 15.9. The molecule has 0 unspecified atom stereocenters. The third kappa shape index (κ3) is 4.06. The Balaban J connectivity index is 1.70. The van der Waals surface area contributed by atoms with Crippen molar-refractivity contribution in [3.8, 4) is 5.75 Å². The maximum absolute atomic E-state index is 13.2. The maximum atomic E-state index is 13.2. The van der Waals surface area contributed by atoms with Crippen LogP contribution in [0.3, 0.4) is 0 Å². The van der Waals surface area contributed by atoms with Crippen LogP contribution in [-0.4, -0.2) is 22.9 Å². The first-order valence-corrected chi connectivity index (χ1v) is 9.21. The van der Waals surface area contributed by atoms with Crippen LogP contribution in [0.5, 0.6) is 5.75 Å². The van der Waals surface area contributed by atoms with E-state index in [4.69, 9.17) is 9.15 Å². The van der Waals surface area contributed by atoms with Gasteiger partial charge < -0.3 is 19.0 Å². The van der Waals surface area contributed by atoms with Gasteiger partial charge in [-0.05, 0) is 47.9 Å². The molecule has 2 heterocycles. The number of hydrogen-bond donors (Lipinski definition) is 1. The highest BCUT2D eigenvalue weighted by Gasteiger charge is 2.20. The number of nitrogens with zero attached hydrogens (tertiary/aromatic N) is 1. The summed E-state index contributed by atoms with van der Waals surface area (Å²) in [5, 5.41) is 0.911. The summed E-state index contributed by atoms with van der Waals surface area (Å²) >= 11 is 0. The van der Waals surface area contributed by atoms with E-state index < -0.39 is 0 Å². The van der Waals surface area contributed by atoms with E-state index >= 15 is 0 Å². The molecule has 1 N–H and O–H groups in total. The zero-order valence-corrected chi connectivity index (χ0v) is 15.9. The molecule has 0 atom stereocenters. The number of nitrogens with one attached hydrogen (secondary N) is 1. The highest BCUT2D eigenvalue weighted by atomic mass is 16.5. The number of methoxy groups -OCH3 is 1. The first-order chi connectivity index (χ1) is 14.1. The number of pyridine rings is 1. The largest absolute Gasteiger partial charge is 0.497 e. The fraction of sp³-hybridized carbons (Fsp3) is 0.130. The van der Waals surface area contributed by atoms with Gasteiger partial charge in [0, 0.05) is 16.6 Å². The molecule has 2 aromatic carbocycles. The smallest absolute Gasteiger partial charge is 0.254 e. The fourth-order valence-electron chi connectivity index (χ4n) is 3.24. The van der Waals surface area contributed by atoms with Crippen LogP contribution in [0, 0.1) is 0 Å². The molecule has 29 heavy (non-hydrogen) atoms. The molecule has 0 radical (unpaired) electrons. The molecule has 0 aliphatic rings. The lowest BCUT2D eigenvalue weighted by molar-refractivity contribution is 0.0716. The number of carbonyl (C=O) groups is 1. The van der Waals surface area contributed by atoms with Crippen molar-refractivity contribution in [2.24, 2.45) is 0 Å². The van der Waals surface area contributed by atoms with Crippen molar-refractivity contribution in [3.63, 3.8) is 0 Å². The molecule has 2 aromatic heterocycles. The second-order valence-corrected chi connectivity index (χ2v) is 6.68. The summed E-state index contributed by atoms with van der Waals surface area (Å²) in [6, 6.07) is 19.9. The summed E-state index contributed by atoms with van der Waals surface area (Å²) in [6.07, 6.45) is 1.56. The number of benzene rings is 2. The van der Waals surface area contributed by atoms with Gasteiger partial charge in [-0.2, -0.15) is 0 Å². The zero-order chi connectivity index (χ0) is 20.2. The molecule has 0 fully saturated rings. The van der Waals surface area contributed by atoms with Gasteiger partial charge in [0.2, 0.25) is 0 Å². The second-order valence-electron chi connectivity index (χ2n) is 6.68. The average Bonchev–Trinajstić information content (AvgIpc) is 3.26. The summed E-state index contributed by atoms with van der Waals surface area (Å²) in [6.45, 7) is 0.395. The Morgan fingerprint density at radius 3 is 2.69 bits per heavy atom. The van der Waals surface area contributed by atoms with E-state index in [0.717, 1.165) is 10.9 Å². The van der Waals surface area contributed by atoms with Crippen molar-refractivity contribution in [3.05, 3.63) is 100 Å². The number of amides is 1. The first-order valence-electron chi connectivity index (χ1n) is 9.21. The van der Waals surface area contributed by atoms with Gasteiger partial charge in [-0.1, -0.05) is 24.3 Å². The van der Waals surface area contributed by atoms with Gasteiger partial charge in [0.1, 0.15) is 11.5 Å². The van der Waals surface area contributed by atoms with Crippen molar-refractivity contribution in [1.29, 1.82) is 0 Å². The summed E-state index contributed by atoms with van der Waals surface area (Å²) in [7, 11) is 1.55. The van der Waals surface area contributed by atoms with Crippen molar-refractivity contribution in [2.45, 2.75) is 13.1 Å². The second kappa shape index (κ2) is 8.06. The van der Waals surface area contributed by atoms with Gasteiger partial charge in [-0.3, -0.25) is 9.59 Å². The van der Waals surface area contributed by atoms with Gasteiger partial charge in [0.05, 0.1) is 26.5 Å². The minimum absolute atomic E-state index is 0.150. The highest BCUT2D eigenvalue weighted by molar-refractivity contribution is 5.94. The Hall–Kier alpha value is -3.80. The lowest BCUT2D eigenvalue weighted by Crippen LogP contribution is -2.32. The quantitative estimate of drug-likeness (QED) is 0.542. The minimum atomic E-state index is -0.216. The topological polar surface area (TPSA) is 75.5 Å². The number of para-hydroxylation sites is 1. The predicted molar refractivity (Wildman–Crippen MR) is 110 cm³/mol. The lowest BCUT2D eigenvalue weighted by atomic mass is 10.1. The van der Waals surface area contributed by atoms with E-state index in [1.165, 1.54) is 0 Å². The van der Waals surface area contributed by atoms with Gasteiger partial charge in [0.25, 0.3) is 11.5 Å². The number of H-pyrrole nitrogens is 1. The number of aromatic nitrogens is 1. The lowest BCUT2D eigenvalue weighted by Gasteiger charge is -2.22. The predicted octanol–water partition coefficient (Wildman–Crippen LogP) is 3.97. The molecule has 4 rings (SSSR count). The van der Waals surface area contributed by atoms with E-state index in [1.807, 2.05) is 30.3 Å². The SMILES string of the molecule is COc1cccc(C(=O)N(Cc2ccco2)Cc2cc3ccccc3[nH]c2=O)c1. The van der Waals surface area contributed by atoms with Gasteiger partial charge >= 0.3 is 0 Å². The molecule has 0 aliphatic carbocycles. The molecule has 6 nitrogen and oxygen atoms in total. The van der Waals surface area contributed by atoms with E-state index in [9.17, 15) is 9.59 Å². The summed E-state index contributed by atoms with van der Waals surface area (Å²) in [5.74, 6) is 1.02. The van der Waals surface area contributed by atoms with Crippen LogP contribution >= 0.6 is 0 Å². The summed E-state index contributed by atoms with van der Waals surface area (Å²) in [5.41, 5.74) is 1.53. The van der Waals surface area contributed by atoms with Crippen molar-refractivity contribution in [1.82, 2.24) is 9.88 Å². The number of carbonyl (C=O) groups excluding carboxylic acids is 1. The number of aromatic amines is 1. The molecule has 4 aromatic rings. The van der Waals surface area contributed by atoms with E-state index in [0.29, 0.717) is 22.6 Å². The van der Waals surface area contributed by atoms with Crippen LogP contribution in [0.25, 0.3) is 10.9 Å². The summed E-state index contributed by atoms with van der Waals surface area (Å²) in [4.78, 5) is 30.3. The third-order valence-corrected chi connectivity index (χ3v) is 4.72. The number of furan rings is 1. The molecule has 0 bridgehead atoms. The van der Waals surface area contributed by atoms with Crippen LogP contribution in [-0.2, 0) is 13.1 Å². The Kier molecular flexibility index (Phi) is 5.16. The van der Waals surface area contributed by atoms with Crippen LogP contribution in [0.2, 0.25) is 0 Å². The molecule has 0 spiro atoms. The Bertz CT molecular complexity index is 1190. The molecular formula is C23H20N2O4. The van der Waals surface area contributed by atoms with Crippen molar-refractivity contribution in [2.75, 3.05) is 7.11 Å². The molecule has 1 amide bonds. The van der Waals surface area contributed by atoms with E-state index in [-0.39, 0.29) is 24.6 Å². The van der Waals surface area contributed by atoms with Gasteiger partial charge in [0.15, 0.2) is 0 Å². The van der Waals surface area contributed by atoms with Crippen LogP contribution in [0.15, 0.2) is 82.2 Å². The highest BCUT2D eigenvalue weighted by Crippen LogP contribution is 2.19. The number of hydrogen-bond acceptors (Lipinski definition) is 4. The molecule has 0 saturated carbocycles. The molecule has 0 aliphatic heterocycles. The average molecular weight is 388 g/mol. The molecule has 0 saturated heterocycles. The van der Waals surface area contributed by atoms with Crippen molar-refractivity contribution < 1.29 is 13.9 Å². The summed E-state index contributed by atoms with van der Waals surface area (Å²) < 4.78 is 10.7. The van der Waals surface area contributed by atoms with E-state index in [2.05, 4.69) is 4.98 Å². The Morgan fingerprint density at radius 1 is 1.03 bits per heavy atom. The van der Waals surface area contributed by atoms with Crippen LogP contribution in [0.4, 0.5) is 0 Å². The standard InChI is InChI=1S/C23H20N2O4/c1-28-19-8-4-7-17(13-19)23(27)25(15-20-9-5-11-29-20)14-18-12-16-6-2-3-10-21(16)24-22(18)26/h2-13H,14-15H2,1H3,(H,24,26). The van der Waals surface area contributed by atoms with Gasteiger partial charge in [-0.15, -0.1) is 0 Å². The fourth-order valence-corrected chi connectivity index (χ4v) is 3.24. The van der Waals surface area contributed by atoms with Crippen molar-refractivity contribution >= 4 is 16.8 Å². The normalized spacial score (nSPS) is 10.8. The number of rotatable bonds is 6. The maximum Gasteiger partial charge on any atom is 0.254 e. The third-order valence-electron chi connectivity index (χ3n) is 4.72. The van der Waals surface area contributed by atoms with E-state index in [1.54, 1.807) is 54.7 Å². The molecule has 6 heteroatoms. The Labute approximate surface area is 167 Å². The van der Waals surface area contributed by atoms with Crippen LogP contribution in [0.1, 0.15) is 21.7 Å². The van der Waals surface area contributed by atoms with Gasteiger partial charge in [-0.25, -0.2) is 0 Å². The minimum Gasteiger partial charge on any atom is -0.497 e. The van der Waals surface area contributed by atoms with Crippen LogP contribution < -0.4 is 10.3 Å².